The van der Waals surface area contributed by atoms with Crippen LogP contribution in [0.2, 0.25) is 0 Å². The maximum atomic E-state index is 13.7. The van der Waals surface area contributed by atoms with E-state index >= 15 is 0 Å². The molecule has 0 unspecified atom stereocenters. The minimum absolute atomic E-state index is 0.0624. The molecule has 2 aromatic carbocycles. The van der Waals surface area contributed by atoms with E-state index in [2.05, 4.69) is 24.8 Å². The number of ether oxygens (including phenoxy) is 2. The normalized spacial score (nSPS) is 9.54. The molecule has 3 N–H and O–H groups in total. The standard InChI is InChI=1S/C14H13FN2O2.C9H7FO3.C5H6N2/c1-19-14(18)12-5-4-10(7-13(12)15)8-17-11-3-2-6-16-9-11;1-13-9(12)7-3-2-6(5-11)4-8(7)10;6-5-2-1-3-7-4-5/h2-7,9,17H,8H2,1H3;2-5H,1H3;1-4H,6H2. The first-order chi connectivity index (χ1) is 18.8. The van der Waals surface area contributed by atoms with Crippen molar-refractivity contribution in [1.29, 1.82) is 0 Å². The summed E-state index contributed by atoms with van der Waals surface area (Å²) >= 11 is 0. The Morgan fingerprint density at radius 2 is 1.46 bits per heavy atom. The number of nitrogens with one attached hydrogen (secondary N) is 1. The molecular weight excluding hydrogens is 510 g/mol. The number of carbonyl (C=O) groups excluding carboxylic acids is 3. The second-order valence-corrected chi connectivity index (χ2v) is 7.54. The Kier molecular flexibility index (Phi) is 12.2. The summed E-state index contributed by atoms with van der Waals surface area (Å²) in [6.45, 7) is 0.448. The molecule has 0 atom stereocenters. The van der Waals surface area contributed by atoms with Crippen LogP contribution in [0.25, 0.3) is 0 Å². The van der Waals surface area contributed by atoms with Crippen molar-refractivity contribution in [3.63, 3.8) is 0 Å². The summed E-state index contributed by atoms with van der Waals surface area (Å²) in [5, 5.41) is 3.11. The number of aromatic nitrogens is 2. The molecular formula is C28H26F2N4O5. The van der Waals surface area contributed by atoms with Gasteiger partial charge in [-0.05, 0) is 54.1 Å². The number of anilines is 2. The molecule has 11 heteroatoms. The van der Waals surface area contributed by atoms with Crippen LogP contribution in [0.4, 0.5) is 20.2 Å². The number of nitrogen functional groups attached to an aromatic ring is 1. The Labute approximate surface area is 223 Å². The van der Waals surface area contributed by atoms with Crippen LogP contribution in [-0.2, 0) is 16.0 Å². The minimum atomic E-state index is -0.755. The summed E-state index contributed by atoms with van der Waals surface area (Å²) in [5.41, 5.74) is 7.53. The second kappa shape index (κ2) is 15.8. The number of esters is 2. The number of aldehydes is 1. The third-order valence-electron chi connectivity index (χ3n) is 4.82. The third kappa shape index (κ3) is 10.00. The Morgan fingerprint density at radius 3 is 1.90 bits per heavy atom. The highest BCUT2D eigenvalue weighted by Crippen LogP contribution is 2.14. The van der Waals surface area contributed by atoms with Gasteiger partial charge in [-0.2, -0.15) is 0 Å². The van der Waals surface area contributed by atoms with Crippen molar-refractivity contribution in [2.75, 3.05) is 25.3 Å². The van der Waals surface area contributed by atoms with Crippen molar-refractivity contribution < 1.29 is 32.6 Å². The van der Waals surface area contributed by atoms with Crippen LogP contribution in [-0.4, -0.2) is 42.4 Å². The lowest BCUT2D eigenvalue weighted by atomic mass is 10.1. The Balaban J connectivity index is 0.000000229. The number of methoxy groups -OCH3 is 2. The lowest BCUT2D eigenvalue weighted by molar-refractivity contribution is 0.0586. The van der Waals surface area contributed by atoms with E-state index in [-0.39, 0.29) is 16.7 Å². The number of nitrogens with two attached hydrogens (primary N) is 1. The quantitative estimate of drug-likeness (QED) is 0.265. The van der Waals surface area contributed by atoms with Gasteiger partial charge in [0.15, 0.2) is 0 Å². The zero-order valence-corrected chi connectivity index (χ0v) is 21.1. The Bertz CT molecular complexity index is 1370. The molecule has 4 rings (SSSR count). The summed E-state index contributed by atoms with van der Waals surface area (Å²) in [7, 11) is 2.38. The van der Waals surface area contributed by atoms with Crippen molar-refractivity contribution in [2.24, 2.45) is 0 Å². The molecule has 202 valence electrons. The van der Waals surface area contributed by atoms with Gasteiger partial charge in [0.2, 0.25) is 0 Å². The van der Waals surface area contributed by atoms with Crippen LogP contribution < -0.4 is 11.1 Å². The van der Waals surface area contributed by atoms with Crippen molar-refractivity contribution in [3.05, 3.63) is 119 Å². The van der Waals surface area contributed by atoms with Crippen molar-refractivity contribution in [3.8, 4) is 0 Å². The van der Waals surface area contributed by atoms with Crippen LogP contribution in [0.3, 0.4) is 0 Å². The molecule has 0 aliphatic carbocycles. The van der Waals surface area contributed by atoms with Gasteiger partial charge < -0.3 is 20.5 Å². The Morgan fingerprint density at radius 1 is 0.872 bits per heavy atom. The number of hydrogen-bond donors (Lipinski definition) is 2. The van der Waals surface area contributed by atoms with Gasteiger partial charge in [0.25, 0.3) is 0 Å². The molecule has 4 aromatic rings. The monoisotopic (exact) mass is 536 g/mol. The van der Waals surface area contributed by atoms with Crippen LogP contribution in [0, 0.1) is 11.6 Å². The molecule has 9 nitrogen and oxygen atoms in total. The highest BCUT2D eigenvalue weighted by molar-refractivity contribution is 5.90. The molecule has 0 radical (unpaired) electrons. The molecule has 0 bridgehead atoms. The number of carbonyl (C=O) groups is 3. The molecule has 0 amide bonds. The summed E-state index contributed by atoms with van der Waals surface area (Å²) in [5.74, 6) is -2.77. The molecule has 0 aliphatic heterocycles. The SMILES string of the molecule is COC(=O)c1ccc(C=O)cc1F.COC(=O)c1ccc(CNc2cccnc2)cc1F.Nc1cccnc1. The van der Waals surface area contributed by atoms with Crippen LogP contribution in [0.1, 0.15) is 36.6 Å². The van der Waals surface area contributed by atoms with E-state index in [0.29, 0.717) is 18.5 Å². The first-order valence-corrected chi connectivity index (χ1v) is 11.3. The zero-order chi connectivity index (χ0) is 28.6. The molecule has 2 heterocycles. The van der Waals surface area contributed by atoms with Crippen molar-refractivity contribution in [1.82, 2.24) is 9.97 Å². The average Bonchev–Trinajstić information content (AvgIpc) is 2.97. The van der Waals surface area contributed by atoms with Gasteiger partial charge in [0.1, 0.15) is 17.9 Å². The van der Waals surface area contributed by atoms with Gasteiger partial charge in [0, 0.05) is 36.9 Å². The predicted octanol–water partition coefficient (Wildman–Crippen LogP) is 4.71. The van der Waals surface area contributed by atoms with Crippen LogP contribution >= 0.6 is 0 Å². The number of rotatable bonds is 6. The van der Waals surface area contributed by atoms with Gasteiger partial charge in [-0.15, -0.1) is 0 Å². The summed E-state index contributed by atoms with van der Waals surface area (Å²) < 4.78 is 35.5. The van der Waals surface area contributed by atoms with E-state index < -0.39 is 23.6 Å². The maximum absolute atomic E-state index is 13.7. The first-order valence-electron chi connectivity index (χ1n) is 11.3. The summed E-state index contributed by atoms with van der Waals surface area (Å²) in [6.07, 6.45) is 7.16. The van der Waals surface area contributed by atoms with E-state index in [4.69, 9.17) is 5.73 Å². The molecule has 39 heavy (non-hydrogen) atoms. The molecule has 2 aromatic heterocycles. The van der Waals surface area contributed by atoms with E-state index in [1.165, 1.54) is 31.4 Å². The fourth-order valence-corrected chi connectivity index (χ4v) is 2.87. The largest absolute Gasteiger partial charge is 0.465 e. The fourth-order valence-electron chi connectivity index (χ4n) is 2.87. The maximum Gasteiger partial charge on any atom is 0.340 e. The molecule has 0 aliphatic rings. The smallest absolute Gasteiger partial charge is 0.340 e. The van der Waals surface area contributed by atoms with E-state index in [0.717, 1.165) is 24.4 Å². The van der Waals surface area contributed by atoms with E-state index in [9.17, 15) is 23.2 Å². The van der Waals surface area contributed by atoms with Gasteiger partial charge in [0.05, 0.1) is 36.7 Å². The van der Waals surface area contributed by atoms with Gasteiger partial charge in [-0.25, -0.2) is 18.4 Å². The van der Waals surface area contributed by atoms with Gasteiger partial charge in [-0.1, -0.05) is 12.1 Å². The number of hydrogen-bond acceptors (Lipinski definition) is 9. The number of halogens is 2. The van der Waals surface area contributed by atoms with Crippen molar-refractivity contribution >= 4 is 29.6 Å². The predicted molar refractivity (Wildman–Crippen MR) is 141 cm³/mol. The summed E-state index contributed by atoms with van der Waals surface area (Å²) in [6, 6.07) is 15.2. The van der Waals surface area contributed by atoms with Crippen molar-refractivity contribution in [2.45, 2.75) is 6.54 Å². The van der Waals surface area contributed by atoms with E-state index in [1.54, 1.807) is 43.0 Å². The highest BCUT2D eigenvalue weighted by atomic mass is 19.1. The second-order valence-electron chi connectivity index (χ2n) is 7.54. The fraction of sp³-hybridized carbons (Fsp3) is 0.107. The number of nitrogens with zero attached hydrogens (tertiary/aromatic N) is 2. The molecule has 0 saturated heterocycles. The lowest BCUT2D eigenvalue weighted by Crippen LogP contribution is -2.06. The molecule has 0 saturated carbocycles. The third-order valence-corrected chi connectivity index (χ3v) is 4.82. The van der Waals surface area contributed by atoms with Crippen LogP contribution in [0.5, 0.6) is 0 Å². The van der Waals surface area contributed by atoms with Crippen LogP contribution in [0.15, 0.2) is 85.5 Å². The molecule has 0 spiro atoms. The minimum Gasteiger partial charge on any atom is -0.465 e. The topological polar surface area (TPSA) is 134 Å². The van der Waals surface area contributed by atoms with Gasteiger partial charge in [-0.3, -0.25) is 14.8 Å². The number of benzene rings is 2. The summed E-state index contributed by atoms with van der Waals surface area (Å²) in [4.78, 5) is 40.1. The number of pyridine rings is 2. The Hall–Kier alpha value is -5.19. The average molecular weight is 537 g/mol. The van der Waals surface area contributed by atoms with E-state index in [1.807, 2.05) is 12.1 Å². The molecule has 0 fully saturated rings. The lowest BCUT2D eigenvalue weighted by Gasteiger charge is -2.07. The zero-order valence-electron chi connectivity index (χ0n) is 21.1. The van der Waals surface area contributed by atoms with Gasteiger partial charge >= 0.3 is 11.9 Å². The first kappa shape index (κ1) is 30.0. The highest BCUT2D eigenvalue weighted by Gasteiger charge is 2.12.